The number of benzene rings is 2. The zero-order valence-electron chi connectivity index (χ0n) is 19.0. The Bertz CT molecular complexity index is 1090. The Hall–Kier alpha value is -3.25. The van der Waals surface area contributed by atoms with E-state index in [0.717, 1.165) is 53.8 Å². The fraction of sp³-hybridized carbons (Fsp3) is 0.346. The molecule has 2 heterocycles. The lowest BCUT2D eigenvalue weighted by Gasteiger charge is -2.20. The smallest absolute Gasteiger partial charge is 0.230 e. The molecule has 0 radical (unpaired) electrons. The maximum Gasteiger partial charge on any atom is 0.230 e. The van der Waals surface area contributed by atoms with Gasteiger partial charge in [-0.25, -0.2) is 0 Å². The van der Waals surface area contributed by atoms with Gasteiger partial charge in [0.2, 0.25) is 5.91 Å². The zero-order valence-corrected chi connectivity index (χ0v) is 19.0. The van der Waals surface area contributed by atoms with Crippen LogP contribution in [-0.4, -0.2) is 56.6 Å². The summed E-state index contributed by atoms with van der Waals surface area (Å²) in [6, 6.07) is 14.0. The number of methoxy groups -OCH3 is 2. The number of amides is 1. The molecule has 6 nitrogen and oxygen atoms in total. The lowest BCUT2D eigenvalue weighted by molar-refractivity contribution is -0.127. The largest absolute Gasteiger partial charge is 0.493 e. The molecule has 0 spiro atoms. The summed E-state index contributed by atoms with van der Waals surface area (Å²) in [5.74, 6) is 2.42. The van der Waals surface area contributed by atoms with Crippen molar-refractivity contribution in [3.05, 3.63) is 65.6 Å². The number of fused-ring (bicyclic) bond motifs is 2. The number of hydrogen-bond acceptors (Lipinski definition) is 5. The van der Waals surface area contributed by atoms with Gasteiger partial charge in [-0.05, 0) is 61.5 Å². The predicted octanol–water partition coefficient (Wildman–Crippen LogP) is 4.37. The van der Waals surface area contributed by atoms with Gasteiger partial charge in [-0.2, -0.15) is 0 Å². The van der Waals surface area contributed by atoms with Crippen LogP contribution in [0.5, 0.6) is 11.5 Å². The van der Waals surface area contributed by atoms with E-state index < -0.39 is 0 Å². The minimum atomic E-state index is 0.0946. The fourth-order valence-corrected chi connectivity index (χ4v) is 4.05. The molecule has 2 aromatic carbocycles. The first-order chi connectivity index (χ1) is 15.6. The van der Waals surface area contributed by atoms with Gasteiger partial charge in [0.25, 0.3) is 0 Å². The number of para-hydroxylation sites is 1. The molecule has 0 saturated carbocycles. The van der Waals surface area contributed by atoms with Crippen molar-refractivity contribution in [3.8, 4) is 11.5 Å². The third-order valence-corrected chi connectivity index (χ3v) is 5.90. The number of hydrogen-bond donors (Lipinski definition) is 0. The standard InChI is InChI=1S/C26H30N2O4/c1-27(13-10-22-15-20-7-4-5-8-23(20)32-22)11-6-12-28-14-9-19-16-24(30-2)25(31-3)17-21(19)18-26(28)29/h4-5,7-9,14-17H,6,10-13,18H2,1-3H3. The van der Waals surface area contributed by atoms with E-state index in [2.05, 4.69) is 24.1 Å². The summed E-state index contributed by atoms with van der Waals surface area (Å²) in [5, 5.41) is 1.15. The van der Waals surface area contributed by atoms with E-state index in [0.29, 0.717) is 24.5 Å². The van der Waals surface area contributed by atoms with Crippen molar-refractivity contribution < 1.29 is 18.7 Å². The topological polar surface area (TPSA) is 55.2 Å². The summed E-state index contributed by atoms with van der Waals surface area (Å²) < 4.78 is 16.7. The molecule has 0 N–H and O–H groups in total. The third kappa shape index (κ3) is 4.97. The van der Waals surface area contributed by atoms with E-state index in [-0.39, 0.29) is 5.91 Å². The van der Waals surface area contributed by atoms with Crippen LogP contribution in [0.15, 0.2) is 53.1 Å². The van der Waals surface area contributed by atoms with Crippen LogP contribution in [0.3, 0.4) is 0 Å². The number of carbonyl (C=O) groups is 1. The first-order valence-corrected chi connectivity index (χ1v) is 11.0. The zero-order chi connectivity index (χ0) is 22.5. The molecule has 0 saturated heterocycles. The Balaban J connectivity index is 1.28. The highest BCUT2D eigenvalue weighted by Crippen LogP contribution is 2.32. The Kier molecular flexibility index (Phi) is 6.81. The van der Waals surface area contributed by atoms with Crippen LogP contribution in [-0.2, 0) is 17.6 Å². The molecule has 1 aliphatic rings. The quantitative estimate of drug-likeness (QED) is 0.501. The van der Waals surface area contributed by atoms with Crippen molar-refractivity contribution in [1.29, 1.82) is 0 Å². The van der Waals surface area contributed by atoms with Gasteiger partial charge in [0.15, 0.2) is 11.5 Å². The average molecular weight is 435 g/mol. The van der Waals surface area contributed by atoms with Gasteiger partial charge in [0.1, 0.15) is 11.3 Å². The van der Waals surface area contributed by atoms with Crippen molar-refractivity contribution in [1.82, 2.24) is 9.80 Å². The lowest BCUT2D eigenvalue weighted by atomic mass is 10.0. The molecule has 1 aliphatic heterocycles. The molecule has 6 heteroatoms. The van der Waals surface area contributed by atoms with E-state index in [1.807, 2.05) is 47.5 Å². The fourth-order valence-electron chi connectivity index (χ4n) is 4.05. The Morgan fingerprint density at radius 2 is 1.84 bits per heavy atom. The molecule has 4 rings (SSSR count). The summed E-state index contributed by atoms with van der Waals surface area (Å²) in [6.07, 6.45) is 5.98. The van der Waals surface area contributed by atoms with Crippen molar-refractivity contribution in [2.24, 2.45) is 0 Å². The van der Waals surface area contributed by atoms with Crippen molar-refractivity contribution >= 4 is 23.0 Å². The van der Waals surface area contributed by atoms with Gasteiger partial charge in [0.05, 0.1) is 20.6 Å². The SMILES string of the molecule is COc1cc2c(cc1OC)CC(=O)N(CCCN(C)CCc1cc3ccccc3o1)C=C2. The number of rotatable bonds is 9. The van der Waals surface area contributed by atoms with E-state index in [9.17, 15) is 4.79 Å². The normalized spacial score (nSPS) is 13.5. The highest BCUT2D eigenvalue weighted by Gasteiger charge is 2.19. The third-order valence-electron chi connectivity index (χ3n) is 5.90. The first-order valence-electron chi connectivity index (χ1n) is 11.0. The highest BCUT2D eigenvalue weighted by molar-refractivity contribution is 5.84. The molecule has 168 valence electrons. The summed E-state index contributed by atoms with van der Waals surface area (Å²) >= 11 is 0. The van der Waals surface area contributed by atoms with Crippen molar-refractivity contribution in [2.75, 3.05) is 40.9 Å². The molecule has 0 atom stereocenters. The van der Waals surface area contributed by atoms with E-state index >= 15 is 0 Å². The van der Waals surface area contributed by atoms with Crippen LogP contribution in [0.25, 0.3) is 17.0 Å². The minimum absolute atomic E-state index is 0.0946. The van der Waals surface area contributed by atoms with E-state index in [1.165, 1.54) is 0 Å². The average Bonchev–Trinajstić information content (AvgIpc) is 3.16. The maximum absolute atomic E-state index is 12.8. The second-order valence-corrected chi connectivity index (χ2v) is 8.14. The molecular weight excluding hydrogens is 404 g/mol. The molecule has 3 aromatic rings. The second-order valence-electron chi connectivity index (χ2n) is 8.14. The Morgan fingerprint density at radius 1 is 1.06 bits per heavy atom. The van der Waals surface area contributed by atoms with Crippen LogP contribution < -0.4 is 9.47 Å². The van der Waals surface area contributed by atoms with Crippen LogP contribution in [0.1, 0.15) is 23.3 Å². The van der Waals surface area contributed by atoms with E-state index in [4.69, 9.17) is 13.9 Å². The second kappa shape index (κ2) is 9.92. The van der Waals surface area contributed by atoms with Crippen LogP contribution >= 0.6 is 0 Å². The van der Waals surface area contributed by atoms with Gasteiger partial charge in [-0.15, -0.1) is 0 Å². The molecule has 0 unspecified atom stereocenters. The molecule has 0 aliphatic carbocycles. The molecule has 1 aromatic heterocycles. The lowest BCUT2D eigenvalue weighted by Crippen LogP contribution is -2.30. The summed E-state index contributed by atoms with van der Waals surface area (Å²) in [5.41, 5.74) is 2.88. The Morgan fingerprint density at radius 3 is 2.62 bits per heavy atom. The van der Waals surface area contributed by atoms with Gasteiger partial charge in [-0.3, -0.25) is 4.79 Å². The van der Waals surface area contributed by atoms with Gasteiger partial charge >= 0.3 is 0 Å². The monoisotopic (exact) mass is 434 g/mol. The van der Waals surface area contributed by atoms with Crippen LogP contribution in [0.4, 0.5) is 0 Å². The van der Waals surface area contributed by atoms with E-state index in [1.54, 1.807) is 14.2 Å². The van der Waals surface area contributed by atoms with Crippen LogP contribution in [0.2, 0.25) is 0 Å². The number of likely N-dealkylation sites (N-methyl/N-ethyl adjacent to an activating group) is 1. The Labute approximate surface area is 189 Å². The number of carbonyl (C=O) groups excluding carboxylic acids is 1. The van der Waals surface area contributed by atoms with Gasteiger partial charge < -0.3 is 23.7 Å². The highest BCUT2D eigenvalue weighted by atomic mass is 16.5. The molecule has 1 amide bonds. The summed E-state index contributed by atoms with van der Waals surface area (Å²) in [4.78, 5) is 16.9. The van der Waals surface area contributed by atoms with Crippen molar-refractivity contribution in [3.63, 3.8) is 0 Å². The van der Waals surface area contributed by atoms with Gasteiger partial charge in [-0.1, -0.05) is 18.2 Å². The first kappa shape index (κ1) is 22.0. The number of ether oxygens (including phenoxy) is 2. The molecule has 0 fully saturated rings. The van der Waals surface area contributed by atoms with Crippen molar-refractivity contribution in [2.45, 2.75) is 19.3 Å². The molecule has 32 heavy (non-hydrogen) atoms. The summed E-state index contributed by atoms with van der Waals surface area (Å²) in [7, 11) is 5.33. The summed E-state index contributed by atoms with van der Waals surface area (Å²) in [6.45, 7) is 2.51. The number of furan rings is 1. The maximum atomic E-state index is 12.8. The minimum Gasteiger partial charge on any atom is -0.493 e. The predicted molar refractivity (Wildman–Crippen MR) is 126 cm³/mol. The van der Waals surface area contributed by atoms with Gasteiger partial charge in [0, 0.05) is 31.1 Å². The van der Waals surface area contributed by atoms with Crippen LogP contribution in [0, 0.1) is 0 Å². The number of nitrogens with zero attached hydrogens (tertiary/aromatic N) is 2. The molecular formula is C26H30N2O4. The molecule has 0 bridgehead atoms.